The Morgan fingerprint density at radius 2 is 1.75 bits per heavy atom. The van der Waals surface area contributed by atoms with E-state index in [1.54, 1.807) is 30.0 Å². The van der Waals surface area contributed by atoms with E-state index >= 15 is 0 Å². The van der Waals surface area contributed by atoms with E-state index in [0.717, 1.165) is 11.3 Å². The van der Waals surface area contributed by atoms with Crippen molar-refractivity contribution in [3.8, 4) is 22.8 Å². The lowest BCUT2D eigenvalue weighted by Gasteiger charge is -2.37. The van der Waals surface area contributed by atoms with Crippen LogP contribution < -0.4 is 9.64 Å². The fourth-order valence-corrected chi connectivity index (χ4v) is 4.47. The minimum absolute atomic E-state index is 0.197. The molecule has 7 heteroatoms. The molecule has 0 fully saturated rings. The minimum Gasteiger partial charge on any atom is -0.453 e. The summed E-state index contributed by atoms with van der Waals surface area (Å²) in [7, 11) is -4.36. The second-order valence-electron chi connectivity index (χ2n) is 6.63. The van der Waals surface area contributed by atoms with E-state index in [2.05, 4.69) is 4.98 Å². The zero-order valence-corrected chi connectivity index (χ0v) is 16.3. The third kappa shape index (κ3) is 3.12. The smallest absolute Gasteiger partial charge is 0.286 e. The number of anilines is 2. The van der Waals surface area contributed by atoms with Gasteiger partial charge in [-0.15, -0.1) is 0 Å². The van der Waals surface area contributed by atoms with Crippen LogP contribution in [0.15, 0.2) is 60.7 Å². The van der Waals surface area contributed by atoms with Crippen LogP contribution in [-0.4, -0.2) is 23.3 Å². The van der Waals surface area contributed by atoms with Gasteiger partial charge in [-0.25, -0.2) is 0 Å². The Labute approximate surface area is 164 Å². The Kier molecular flexibility index (Phi) is 4.56. The number of hydrogen-bond donors (Lipinski definition) is 1. The predicted molar refractivity (Wildman–Crippen MR) is 109 cm³/mol. The monoisotopic (exact) mass is 396 g/mol. The summed E-state index contributed by atoms with van der Waals surface area (Å²) in [6.07, 6.45) is 0.197. The second-order valence-corrected chi connectivity index (χ2v) is 8.21. The Hall–Kier alpha value is -2.90. The first-order valence-electron chi connectivity index (χ1n) is 8.99. The quantitative estimate of drug-likeness (QED) is 0.630. The van der Waals surface area contributed by atoms with Gasteiger partial charge in [0, 0.05) is 11.3 Å². The SMILES string of the molecule is CCC(N1c2ccccc2Oc2cccc(-c3cccc(C)n3)c21)S(=O)(=O)O. The van der Waals surface area contributed by atoms with E-state index in [-0.39, 0.29) is 6.42 Å². The average molecular weight is 396 g/mol. The summed E-state index contributed by atoms with van der Waals surface area (Å²) in [4.78, 5) is 6.24. The molecule has 0 saturated carbocycles. The molecule has 1 N–H and O–H groups in total. The number of nitrogens with zero attached hydrogens (tertiary/aromatic N) is 2. The maximum atomic E-state index is 12.2. The van der Waals surface area contributed by atoms with Crippen molar-refractivity contribution in [2.75, 3.05) is 4.90 Å². The highest BCUT2D eigenvalue weighted by molar-refractivity contribution is 7.86. The van der Waals surface area contributed by atoms with Gasteiger partial charge in [-0.3, -0.25) is 9.54 Å². The Balaban J connectivity index is 2.02. The van der Waals surface area contributed by atoms with Crippen molar-refractivity contribution in [2.45, 2.75) is 25.6 Å². The number of fused-ring (bicyclic) bond motifs is 2. The lowest BCUT2D eigenvalue weighted by molar-refractivity contribution is 0.452. The molecule has 0 saturated heterocycles. The van der Waals surface area contributed by atoms with Crippen LogP contribution in [0.25, 0.3) is 11.3 Å². The normalized spacial score (nSPS) is 14.0. The molecule has 0 amide bonds. The van der Waals surface area contributed by atoms with Gasteiger partial charge in [0.2, 0.25) is 0 Å². The number of ether oxygens (including phenoxy) is 1. The van der Waals surface area contributed by atoms with E-state index < -0.39 is 15.5 Å². The summed E-state index contributed by atoms with van der Waals surface area (Å²) in [6.45, 7) is 3.62. The molecule has 1 atom stereocenters. The van der Waals surface area contributed by atoms with Crippen molar-refractivity contribution in [3.05, 3.63) is 66.4 Å². The third-order valence-electron chi connectivity index (χ3n) is 4.73. The average Bonchev–Trinajstić information content (AvgIpc) is 2.66. The summed E-state index contributed by atoms with van der Waals surface area (Å²) < 4.78 is 40.5. The minimum atomic E-state index is -4.36. The molecule has 1 aromatic heterocycles. The third-order valence-corrected chi connectivity index (χ3v) is 5.96. The van der Waals surface area contributed by atoms with E-state index in [4.69, 9.17) is 4.74 Å². The summed E-state index contributed by atoms with van der Waals surface area (Å²) in [5.41, 5.74) is 3.44. The van der Waals surface area contributed by atoms with Crippen molar-refractivity contribution in [2.24, 2.45) is 0 Å². The molecule has 2 heterocycles. The van der Waals surface area contributed by atoms with E-state index in [1.165, 1.54) is 0 Å². The predicted octanol–water partition coefficient (Wildman–Crippen LogP) is 4.92. The molecule has 1 unspecified atom stereocenters. The van der Waals surface area contributed by atoms with Gasteiger partial charge in [0.05, 0.1) is 17.1 Å². The van der Waals surface area contributed by atoms with Gasteiger partial charge in [0.15, 0.2) is 16.9 Å². The molecule has 0 spiro atoms. The van der Waals surface area contributed by atoms with Crippen LogP contribution in [0.2, 0.25) is 0 Å². The summed E-state index contributed by atoms with van der Waals surface area (Å²) in [5.74, 6) is 1.05. The molecule has 4 rings (SSSR count). The topological polar surface area (TPSA) is 79.7 Å². The molecule has 28 heavy (non-hydrogen) atoms. The summed E-state index contributed by atoms with van der Waals surface area (Å²) in [6, 6.07) is 18.4. The first-order chi connectivity index (χ1) is 13.4. The van der Waals surface area contributed by atoms with Crippen LogP contribution in [0, 0.1) is 6.92 Å². The Morgan fingerprint density at radius 3 is 2.46 bits per heavy atom. The number of hydrogen-bond acceptors (Lipinski definition) is 5. The Bertz CT molecular complexity index is 1140. The van der Waals surface area contributed by atoms with Crippen molar-refractivity contribution < 1.29 is 17.7 Å². The van der Waals surface area contributed by atoms with E-state index in [0.29, 0.717) is 28.6 Å². The lowest BCUT2D eigenvalue weighted by Crippen LogP contribution is -2.39. The standard InChI is InChI=1S/C21H20N2O4S/c1-3-20(28(24,25)26)23-17-11-4-5-12-18(17)27-19-13-7-9-15(21(19)23)16-10-6-8-14(2)22-16/h4-13,20H,3H2,1-2H3,(H,24,25,26). The molecule has 0 bridgehead atoms. The van der Waals surface area contributed by atoms with Gasteiger partial charge in [0.25, 0.3) is 10.1 Å². The molecule has 3 aromatic rings. The number of benzene rings is 2. The van der Waals surface area contributed by atoms with Crippen molar-refractivity contribution >= 4 is 21.5 Å². The van der Waals surface area contributed by atoms with Crippen molar-refractivity contribution in [1.29, 1.82) is 0 Å². The number of aromatic nitrogens is 1. The number of pyridine rings is 1. The first kappa shape index (κ1) is 18.5. The van der Waals surface area contributed by atoms with Gasteiger partial charge in [0.1, 0.15) is 0 Å². The molecule has 6 nitrogen and oxygen atoms in total. The van der Waals surface area contributed by atoms with Crippen LogP contribution in [0.5, 0.6) is 11.5 Å². The van der Waals surface area contributed by atoms with Crippen LogP contribution in [0.4, 0.5) is 11.4 Å². The number of rotatable bonds is 4. The number of aryl methyl sites for hydroxylation is 1. The van der Waals surface area contributed by atoms with Crippen molar-refractivity contribution in [3.63, 3.8) is 0 Å². The van der Waals surface area contributed by atoms with Crippen LogP contribution >= 0.6 is 0 Å². The molecule has 1 aliphatic rings. The molecular weight excluding hydrogens is 376 g/mol. The zero-order chi connectivity index (χ0) is 19.9. The van der Waals surface area contributed by atoms with E-state index in [9.17, 15) is 13.0 Å². The van der Waals surface area contributed by atoms with Gasteiger partial charge in [-0.2, -0.15) is 8.42 Å². The molecule has 2 aromatic carbocycles. The lowest BCUT2D eigenvalue weighted by atomic mass is 10.0. The van der Waals surface area contributed by atoms with Crippen LogP contribution in [0.1, 0.15) is 19.0 Å². The first-order valence-corrected chi connectivity index (χ1v) is 10.5. The maximum Gasteiger partial charge on any atom is 0.286 e. The molecule has 144 valence electrons. The van der Waals surface area contributed by atoms with Gasteiger partial charge in [-0.1, -0.05) is 37.3 Å². The Morgan fingerprint density at radius 1 is 1.04 bits per heavy atom. The fourth-order valence-electron chi connectivity index (χ4n) is 3.56. The maximum absolute atomic E-state index is 12.2. The highest BCUT2D eigenvalue weighted by Crippen LogP contribution is 2.52. The van der Waals surface area contributed by atoms with Gasteiger partial charge in [-0.05, 0) is 43.7 Å². The van der Waals surface area contributed by atoms with Gasteiger partial charge >= 0.3 is 0 Å². The second kappa shape index (κ2) is 6.92. The highest BCUT2D eigenvalue weighted by Gasteiger charge is 2.37. The van der Waals surface area contributed by atoms with Crippen LogP contribution in [-0.2, 0) is 10.1 Å². The molecular formula is C21H20N2O4S. The largest absolute Gasteiger partial charge is 0.453 e. The molecule has 1 aliphatic heterocycles. The highest BCUT2D eigenvalue weighted by atomic mass is 32.2. The van der Waals surface area contributed by atoms with Crippen LogP contribution in [0.3, 0.4) is 0 Å². The molecule has 0 aliphatic carbocycles. The van der Waals surface area contributed by atoms with Crippen molar-refractivity contribution in [1.82, 2.24) is 4.98 Å². The zero-order valence-electron chi connectivity index (χ0n) is 15.5. The summed E-state index contributed by atoms with van der Waals surface area (Å²) >= 11 is 0. The fraction of sp³-hybridized carbons (Fsp3) is 0.190. The molecule has 0 radical (unpaired) electrons. The summed E-state index contributed by atoms with van der Waals surface area (Å²) in [5, 5.41) is -1.15. The number of para-hydroxylation sites is 3. The van der Waals surface area contributed by atoms with Gasteiger partial charge < -0.3 is 9.64 Å². The van der Waals surface area contributed by atoms with E-state index in [1.807, 2.05) is 49.4 Å².